The minimum atomic E-state index is -0.0978. The minimum absolute atomic E-state index is 0.0978. The summed E-state index contributed by atoms with van der Waals surface area (Å²) >= 11 is 2.84. The van der Waals surface area contributed by atoms with Crippen molar-refractivity contribution in [2.24, 2.45) is 0 Å². The number of carbonyl (C=O) groups excluding carboxylic acids is 1. The molecule has 7 nitrogen and oxygen atoms in total. The zero-order valence-corrected chi connectivity index (χ0v) is 17.2. The maximum atomic E-state index is 12.1. The van der Waals surface area contributed by atoms with E-state index in [2.05, 4.69) is 44.9 Å². The predicted octanol–water partition coefficient (Wildman–Crippen LogP) is 3.71. The van der Waals surface area contributed by atoms with Crippen molar-refractivity contribution in [1.82, 2.24) is 19.7 Å². The summed E-state index contributed by atoms with van der Waals surface area (Å²) in [5.41, 5.74) is 2.26. The summed E-state index contributed by atoms with van der Waals surface area (Å²) in [6.45, 7) is 7.38. The molecule has 27 heavy (non-hydrogen) atoms. The molecular weight excluding hydrogens is 380 g/mol. The van der Waals surface area contributed by atoms with Crippen LogP contribution in [0.1, 0.15) is 23.2 Å². The van der Waals surface area contributed by atoms with E-state index in [0.717, 1.165) is 28.1 Å². The monoisotopic (exact) mass is 402 g/mol. The molecule has 2 N–H and O–H groups in total. The van der Waals surface area contributed by atoms with E-state index in [1.807, 2.05) is 30.5 Å². The SMILES string of the molecule is CCn1c(CNc2ccc(C)cc2)nnc1SCC(=O)Nc1ncc(C)s1. The molecule has 0 aliphatic carbocycles. The first-order chi connectivity index (χ1) is 13.0. The molecule has 3 aromatic rings. The number of carbonyl (C=O) groups is 1. The first-order valence-corrected chi connectivity index (χ1v) is 10.4. The van der Waals surface area contributed by atoms with E-state index in [4.69, 9.17) is 0 Å². The van der Waals surface area contributed by atoms with E-state index in [-0.39, 0.29) is 11.7 Å². The van der Waals surface area contributed by atoms with Gasteiger partial charge in [-0.05, 0) is 32.9 Å². The lowest BCUT2D eigenvalue weighted by atomic mass is 10.2. The highest BCUT2D eigenvalue weighted by Crippen LogP contribution is 2.20. The smallest absolute Gasteiger partial charge is 0.236 e. The second-order valence-corrected chi connectivity index (χ2v) is 8.15. The highest BCUT2D eigenvalue weighted by atomic mass is 32.2. The van der Waals surface area contributed by atoms with Gasteiger partial charge in [-0.15, -0.1) is 21.5 Å². The van der Waals surface area contributed by atoms with Crippen LogP contribution in [-0.4, -0.2) is 31.4 Å². The van der Waals surface area contributed by atoms with Gasteiger partial charge in [-0.25, -0.2) is 4.98 Å². The van der Waals surface area contributed by atoms with Gasteiger partial charge in [0.05, 0.1) is 12.3 Å². The van der Waals surface area contributed by atoms with E-state index in [9.17, 15) is 4.79 Å². The Morgan fingerprint density at radius 3 is 2.67 bits per heavy atom. The molecule has 0 saturated carbocycles. The van der Waals surface area contributed by atoms with Crippen LogP contribution < -0.4 is 10.6 Å². The number of nitrogens with one attached hydrogen (secondary N) is 2. The van der Waals surface area contributed by atoms with Gasteiger partial charge in [0.15, 0.2) is 16.1 Å². The number of nitrogens with zero attached hydrogens (tertiary/aromatic N) is 4. The number of hydrogen-bond donors (Lipinski definition) is 2. The normalized spacial score (nSPS) is 10.8. The topological polar surface area (TPSA) is 84.7 Å². The molecule has 2 heterocycles. The molecule has 142 valence electrons. The first-order valence-electron chi connectivity index (χ1n) is 8.63. The van der Waals surface area contributed by atoms with E-state index < -0.39 is 0 Å². The summed E-state index contributed by atoms with van der Waals surface area (Å²) in [4.78, 5) is 17.3. The molecular formula is C18H22N6OS2. The van der Waals surface area contributed by atoms with Crippen molar-refractivity contribution < 1.29 is 4.79 Å². The summed E-state index contributed by atoms with van der Waals surface area (Å²) in [5.74, 6) is 1.01. The number of rotatable bonds is 8. The summed E-state index contributed by atoms with van der Waals surface area (Å²) in [7, 11) is 0. The summed E-state index contributed by atoms with van der Waals surface area (Å²) < 4.78 is 2.02. The van der Waals surface area contributed by atoms with Crippen molar-refractivity contribution >= 4 is 39.8 Å². The Morgan fingerprint density at radius 1 is 1.22 bits per heavy atom. The second-order valence-electron chi connectivity index (χ2n) is 5.98. The number of benzene rings is 1. The number of thiazole rings is 1. The molecule has 0 spiro atoms. The van der Waals surface area contributed by atoms with Crippen LogP contribution in [0.2, 0.25) is 0 Å². The fraction of sp³-hybridized carbons (Fsp3) is 0.333. The number of aryl methyl sites for hydroxylation is 2. The number of amides is 1. The van der Waals surface area contributed by atoms with Gasteiger partial charge < -0.3 is 15.2 Å². The molecule has 0 saturated heterocycles. The molecule has 0 unspecified atom stereocenters. The van der Waals surface area contributed by atoms with E-state index in [0.29, 0.717) is 11.7 Å². The maximum Gasteiger partial charge on any atom is 0.236 e. The Labute approximate surface area is 166 Å². The van der Waals surface area contributed by atoms with Gasteiger partial charge in [0.1, 0.15) is 0 Å². The molecule has 9 heteroatoms. The van der Waals surface area contributed by atoms with Crippen LogP contribution in [0.25, 0.3) is 0 Å². The molecule has 0 radical (unpaired) electrons. The van der Waals surface area contributed by atoms with Crippen LogP contribution in [-0.2, 0) is 17.9 Å². The second kappa shape index (κ2) is 9.01. The summed E-state index contributed by atoms with van der Waals surface area (Å²) in [6.07, 6.45) is 1.74. The third-order valence-corrected chi connectivity index (χ3v) is 5.61. The molecule has 2 aromatic heterocycles. The van der Waals surface area contributed by atoms with Gasteiger partial charge in [0.25, 0.3) is 0 Å². The summed E-state index contributed by atoms with van der Waals surface area (Å²) in [6, 6.07) is 8.22. The van der Waals surface area contributed by atoms with Gasteiger partial charge in [0.2, 0.25) is 5.91 Å². The Morgan fingerprint density at radius 2 is 2.00 bits per heavy atom. The van der Waals surface area contributed by atoms with Crippen molar-refractivity contribution in [3.05, 3.63) is 46.7 Å². The van der Waals surface area contributed by atoms with E-state index in [1.165, 1.54) is 28.7 Å². The van der Waals surface area contributed by atoms with Crippen LogP contribution in [0.3, 0.4) is 0 Å². The molecule has 0 bridgehead atoms. The van der Waals surface area contributed by atoms with Crippen LogP contribution in [0.5, 0.6) is 0 Å². The van der Waals surface area contributed by atoms with Gasteiger partial charge in [-0.2, -0.15) is 0 Å². The third kappa shape index (κ3) is 5.30. The van der Waals surface area contributed by atoms with Crippen molar-refractivity contribution in [2.75, 3.05) is 16.4 Å². The lowest BCUT2D eigenvalue weighted by Crippen LogP contribution is -2.14. The van der Waals surface area contributed by atoms with Crippen LogP contribution in [0.15, 0.2) is 35.6 Å². The zero-order chi connectivity index (χ0) is 19.2. The summed E-state index contributed by atoms with van der Waals surface area (Å²) in [5, 5.41) is 16.0. The fourth-order valence-corrected chi connectivity index (χ4v) is 3.93. The predicted molar refractivity (Wildman–Crippen MR) is 110 cm³/mol. The maximum absolute atomic E-state index is 12.1. The third-order valence-electron chi connectivity index (χ3n) is 3.81. The lowest BCUT2D eigenvalue weighted by molar-refractivity contribution is -0.113. The van der Waals surface area contributed by atoms with Gasteiger partial charge in [-0.3, -0.25) is 4.79 Å². The highest BCUT2D eigenvalue weighted by molar-refractivity contribution is 7.99. The van der Waals surface area contributed by atoms with Crippen molar-refractivity contribution in [1.29, 1.82) is 0 Å². The molecule has 3 rings (SSSR count). The van der Waals surface area contributed by atoms with Gasteiger partial charge >= 0.3 is 0 Å². The molecule has 1 aromatic carbocycles. The van der Waals surface area contributed by atoms with Crippen molar-refractivity contribution in [2.45, 2.75) is 39.0 Å². The van der Waals surface area contributed by atoms with Gasteiger partial charge in [-0.1, -0.05) is 29.5 Å². The molecule has 0 fully saturated rings. The average molecular weight is 403 g/mol. The quantitative estimate of drug-likeness (QED) is 0.559. The zero-order valence-electron chi connectivity index (χ0n) is 15.5. The Bertz CT molecular complexity index is 903. The molecule has 0 atom stereocenters. The first kappa shape index (κ1) is 19.4. The average Bonchev–Trinajstić information content (AvgIpc) is 3.24. The van der Waals surface area contributed by atoms with Crippen molar-refractivity contribution in [3.8, 4) is 0 Å². The number of anilines is 2. The largest absolute Gasteiger partial charge is 0.378 e. The Hall–Kier alpha value is -2.39. The number of hydrogen-bond acceptors (Lipinski definition) is 7. The molecule has 0 aliphatic rings. The van der Waals surface area contributed by atoms with Crippen LogP contribution in [0.4, 0.5) is 10.8 Å². The Balaban J connectivity index is 1.56. The lowest BCUT2D eigenvalue weighted by Gasteiger charge is -2.09. The Kier molecular flexibility index (Phi) is 6.46. The minimum Gasteiger partial charge on any atom is -0.378 e. The molecule has 0 aliphatic heterocycles. The molecule has 1 amide bonds. The fourth-order valence-electron chi connectivity index (χ4n) is 2.42. The van der Waals surface area contributed by atoms with Crippen LogP contribution >= 0.6 is 23.1 Å². The van der Waals surface area contributed by atoms with Gasteiger partial charge in [0, 0.05) is 23.3 Å². The number of thioether (sulfide) groups is 1. The van der Waals surface area contributed by atoms with E-state index >= 15 is 0 Å². The standard InChI is InChI=1S/C18H22N6OS2/c1-4-24-15(10-19-14-7-5-12(2)6-8-14)22-23-18(24)26-11-16(25)21-17-20-9-13(3)27-17/h5-9,19H,4,10-11H2,1-3H3,(H,20,21,25). The number of aromatic nitrogens is 4. The van der Waals surface area contributed by atoms with Crippen molar-refractivity contribution in [3.63, 3.8) is 0 Å². The van der Waals surface area contributed by atoms with E-state index in [1.54, 1.807) is 6.20 Å². The van der Waals surface area contributed by atoms with Crippen LogP contribution in [0, 0.1) is 13.8 Å². The highest BCUT2D eigenvalue weighted by Gasteiger charge is 2.13.